The van der Waals surface area contributed by atoms with Crippen molar-refractivity contribution in [1.29, 1.82) is 0 Å². The summed E-state index contributed by atoms with van der Waals surface area (Å²) in [7, 11) is 1.45. The summed E-state index contributed by atoms with van der Waals surface area (Å²) in [5.41, 5.74) is 3.05. The number of hydrazone groups is 1. The topological polar surface area (TPSA) is 110 Å². The molecule has 31 heavy (non-hydrogen) atoms. The Bertz CT molecular complexity index is 756. The number of ether oxygens (including phenoxy) is 3. The third-order valence-corrected chi connectivity index (χ3v) is 4.90. The molecule has 0 aromatic heterocycles. The van der Waals surface area contributed by atoms with Gasteiger partial charge in [-0.1, -0.05) is 19.8 Å². The fourth-order valence-electron chi connectivity index (χ4n) is 3.00. The number of morpholine rings is 1. The van der Waals surface area contributed by atoms with E-state index in [0.29, 0.717) is 29.6 Å². The maximum Gasteiger partial charge on any atom is 0.315 e. The third kappa shape index (κ3) is 8.64. The summed E-state index contributed by atoms with van der Waals surface area (Å²) in [5.74, 6) is 0.423. The number of rotatable bonds is 12. The molecule has 0 spiro atoms. The van der Waals surface area contributed by atoms with Gasteiger partial charge in [0.25, 0.3) is 0 Å². The van der Waals surface area contributed by atoms with Crippen LogP contribution in [0.1, 0.15) is 31.7 Å². The lowest BCUT2D eigenvalue weighted by molar-refractivity contribution is -0.386. The van der Waals surface area contributed by atoms with E-state index in [4.69, 9.17) is 26.4 Å². The monoisotopic (exact) mass is 453 g/mol. The lowest BCUT2D eigenvalue weighted by Gasteiger charge is -2.26. The van der Waals surface area contributed by atoms with Crippen LogP contribution in [0.4, 0.5) is 5.69 Å². The van der Waals surface area contributed by atoms with E-state index in [-0.39, 0.29) is 11.4 Å². The van der Waals surface area contributed by atoms with Crippen LogP contribution in [-0.4, -0.2) is 74.3 Å². The predicted molar refractivity (Wildman–Crippen MR) is 123 cm³/mol. The summed E-state index contributed by atoms with van der Waals surface area (Å²) in [5, 5.41) is 19.1. The van der Waals surface area contributed by atoms with Crippen molar-refractivity contribution in [2.24, 2.45) is 5.10 Å². The smallest absolute Gasteiger partial charge is 0.315 e. The zero-order valence-corrected chi connectivity index (χ0v) is 18.9. The van der Waals surface area contributed by atoms with Crippen molar-refractivity contribution in [2.75, 3.05) is 53.1 Å². The molecular weight excluding hydrogens is 422 g/mol. The van der Waals surface area contributed by atoms with Crippen LogP contribution in [0.3, 0.4) is 0 Å². The first kappa shape index (κ1) is 24.8. The van der Waals surface area contributed by atoms with Gasteiger partial charge in [0.15, 0.2) is 10.9 Å². The van der Waals surface area contributed by atoms with Gasteiger partial charge in [0.05, 0.1) is 38.1 Å². The fraction of sp³-hybridized carbons (Fsp3) is 0.600. The van der Waals surface area contributed by atoms with Gasteiger partial charge in [0, 0.05) is 37.8 Å². The summed E-state index contributed by atoms with van der Waals surface area (Å²) in [4.78, 5) is 13.3. The first-order valence-electron chi connectivity index (χ1n) is 10.4. The third-order valence-electron chi connectivity index (χ3n) is 4.67. The zero-order valence-electron chi connectivity index (χ0n) is 18.1. The van der Waals surface area contributed by atoms with Crippen LogP contribution in [0.15, 0.2) is 17.2 Å². The number of thiocarbonyl (C=S) groups is 1. The largest absolute Gasteiger partial charge is 0.493 e. The van der Waals surface area contributed by atoms with Crippen LogP contribution in [0.25, 0.3) is 0 Å². The van der Waals surface area contributed by atoms with E-state index in [1.165, 1.54) is 19.4 Å². The van der Waals surface area contributed by atoms with E-state index in [1.54, 1.807) is 6.07 Å². The Morgan fingerprint density at radius 1 is 1.39 bits per heavy atom. The quantitative estimate of drug-likeness (QED) is 0.162. The lowest BCUT2D eigenvalue weighted by Crippen LogP contribution is -2.42. The molecular formula is C20H31N5O5S. The second kappa shape index (κ2) is 13.7. The van der Waals surface area contributed by atoms with Crippen molar-refractivity contribution in [3.8, 4) is 11.5 Å². The van der Waals surface area contributed by atoms with Crippen molar-refractivity contribution in [3.05, 3.63) is 27.8 Å². The van der Waals surface area contributed by atoms with Crippen molar-refractivity contribution in [1.82, 2.24) is 15.6 Å². The molecule has 0 bridgehead atoms. The van der Waals surface area contributed by atoms with E-state index in [1.807, 2.05) is 0 Å². The molecule has 2 N–H and O–H groups in total. The maximum absolute atomic E-state index is 11.5. The number of methoxy groups -OCH3 is 1. The van der Waals surface area contributed by atoms with E-state index in [0.717, 1.165) is 52.1 Å². The average molecular weight is 454 g/mol. The zero-order chi connectivity index (χ0) is 22.5. The Labute approximate surface area is 188 Å². The van der Waals surface area contributed by atoms with Gasteiger partial charge in [-0.2, -0.15) is 5.10 Å². The van der Waals surface area contributed by atoms with Gasteiger partial charge in [0.1, 0.15) is 0 Å². The van der Waals surface area contributed by atoms with Gasteiger partial charge in [-0.3, -0.25) is 20.4 Å². The minimum Gasteiger partial charge on any atom is -0.493 e. The number of unbranched alkanes of at least 4 members (excludes halogenated alkanes) is 2. The molecule has 1 aliphatic rings. The average Bonchev–Trinajstić information content (AvgIpc) is 2.77. The van der Waals surface area contributed by atoms with Gasteiger partial charge in [-0.05, 0) is 24.7 Å². The van der Waals surface area contributed by atoms with Crippen LogP contribution in [0.2, 0.25) is 0 Å². The minimum atomic E-state index is -0.486. The normalized spacial score (nSPS) is 14.4. The van der Waals surface area contributed by atoms with Gasteiger partial charge in [-0.25, -0.2) is 0 Å². The number of nitrogens with one attached hydrogen (secondary N) is 2. The highest BCUT2D eigenvalue weighted by Gasteiger charge is 2.22. The first-order valence-corrected chi connectivity index (χ1v) is 10.8. The van der Waals surface area contributed by atoms with Crippen LogP contribution in [-0.2, 0) is 4.74 Å². The first-order chi connectivity index (χ1) is 15.0. The van der Waals surface area contributed by atoms with E-state index >= 15 is 0 Å². The molecule has 0 atom stereocenters. The standard InChI is InChI=1S/C20H31N5O5S/c1-3-4-5-10-30-19-17(25(26)27)13-16(14-18(19)28-2)15-22-23-20(31)21-6-7-24-8-11-29-12-9-24/h13-15H,3-12H2,1-2H3,(H2,21,23,31)/b22-15+. The van der Waals surface area contributed by atoms with Gasteiger partial charge >= 0.3 is 5.69 Å². The molecule has 1 fully saturated rings. The molecule has 1 heterocycles. The number of nitrogens with zero attached hydrogens (tertiary/aromatic N) is 3. The Hall–Kier alpha value is -2.50. The summed E-state index contributed by atoms with van der Waals surface area (Å²) in [6, 6.07) is 3.04. The molecule has 11 heteroatoms. The second-order valence-electron chi connectivity index (χ2n) is 6.96. The summed E-state index contributed by atoms with van der Waals surface area (Å²) >= 11 is 5.21. The Morgan fingerprint density at radius 2 is 2.16 bits per heavy atom. The van der Waals surface area contributed by atoms with Gasteiger partial charge in [-0.15, -0.1) is 0 Å². The Balaban J connectivity index is 1.91. The minimum absolute atomic E-state index is 0.133. The molecule has 0 amide bonds. The highest BCUT2D eigenvalue weighted by atomic mass is 32.1. The SMILES string of the molecule is CCCCCOc1c(OC)cc(/C=N/NC(=S)NCCN2CCOCC2)cc1[N+](=O)[O-]. The van der Waals surface area contributed by atoms with Gasteiger partial charge < -0.3 is 19.5 Å². The molecule has 1 aromatic rings. The summed E-state index contributed by atoms with van der Waals surface area (Å²) in [6.07, 6.45) is 4.30. The van der Waals surface area contributed by atoms with Crippen molar-refractivity contribution >= 4 is 29.2 Å². The van der Waals surface area contributed by atoms with E-state index in [2.05, 4.69) is 27.7 Å². The molecule has 0 unspecified atom stereocenters. The number of nitro benzene ring substituents is 1. The summed E-state index contributed by atoms with van der Waals surface area (Å²) in [6.45, 7) is 7.36. The summed E-state index contributed by atoms with van der Waals surface area (Å²) < 4.78 is 16.3. The van der Waals surface area contributed by atoms with Crippen molar-refractivity contribution in [3.63, 3.8) is 0 Å². The Morgan fingerprint density at radius 3 is 2.84 bits per heavy atom. The van der Waals surface area contributed by atoms with E-state index in [9.17, 15) is 10.1 Å². The van der Waals surface area contributed by atoms with Crippen molar-refractivity contribution < 1.29 is 19.1 Å². The molecule has 10 nitrogen and oxygen atoms in total. The van der Waals surface area contributed by atoms with E-state index < -0.39 is 4.92 Å². The van der Waals surface area contributed by atoms with Gasteiger partial charge in [0.2, 0.25) is 5.75 Å². The second-order valence-corrected chi connectivity index (χ2v) is 7.37. The highest BCUT2D eigenvalue weighted by molar-refractivity contribution is 7.80. The molecule has 0 saturated carbocycles. The van der Waals surface area contributed by atoms with Crippen molar-refractivity contribution in [2.45, 2.75) is 26.2 Å². The van der Waals surface area contributed by atoms with Crippen LogP contribution in [0, 0.1) is 10.1 Å². The molecule has 2 rings (SSSR count). The Kier molecular flexibility index (Phi) is 11.0. The maximum atomic E-state index is 11.5. The highest BCUT2D eigenvalue weighted by Crippen LogP contribution is 2.38. The van der Waals surface area contributed by atoms with Crippen LogP contribution >= 0.6 is 12.2 Å². The predicted octanol–water partition coefficient (Wildman–Crippen LogP) is 2.30. The molecule has 0 aliphatic carbocycles. The molecule has 1 saturated heterocycles. The van der Waals surface area contributed by atoms with Crippen LogP contribution < -0.4 is 20.2 Å². The molecule has 1 aromatic carbocycles. The number of hydrogen-bond donors (Lipinski definition) is 2. The fourth-order valence-corrected chi connectivity index (χ4v) is 3.15. The number of hydrogen-bond acceptors (Lipinski definition) is 8. The molecule has 172 valence electrons. The molecule has 1 aliphatic heterocycles. The lowest BCUT2D eigenvalue weighted by atomic mass is 10.2. The molecule has 0 radical (unpaired) electrons. The van der Waals surface area contributed by atoms with Crippen LogP contribution in [0.5, 0.6) is 11.5 Å². The number of nitro groups is 1. The number of benzene rings is 1.